The summed E-state index contributed by atoms with van der Waals surface area (Å²) in [7, 11) is 0. The second kappa shape index (κ2) is 4.92. The zero-order chi connectivity index (χ0) is 13.1. The fourth-order valence-electron chi connectivity index (χ4n) is 1.03. The average Bonchev–Trinajstić information content (AvgIpc) is 2.18. The van der Waals surface area contributed by atoms with Gasteiger partial charge in [0.2, 0.25) is 6.08 Å². The third kappa shape index (κ3) is 3.53. The Balaban J connectivity index is 3.22. The number of benzene rings is 1. The largest absolute Gasteiger partial charge is 0.432 e. The molecule has 0 aromatic heterocycles. The third-order valence-electron chi connectivity index (χ3n) is 1.67. The van der Waals surface area contributed by atoms with Crippen molar-refractivity contribution in [2.75, 3.05) is 0 Å². The van der Waals surface area contributed by atoms with Gasteiger partial charge in [0.25, 0.3) is 0 Å². The number of nitrogens with zero attached hydrogens (tertiary/aromatic N) is 1. The van der Waals surface area contributed by atoms with Gasteiger partial charge in [0, 0.05) is 0 Å². The number of alkyl halides is 5. The van der Waals surface area contributed by atoms with Crippen LogP contribution in [0.15, 0.2) is 23.2 Å². The molecule has 0 fully saturated rings. The number of carbonyl (C=O) groups excluding carboxylic acids is 1. The molecular weight excluding hydrogens is 249 g/mol. The molecule has 0 atom stereocenters. The van der Waals surface area contributed by atoms with Crippen LogP contribution in [0.1, 0.15) is 5.56 Å². The minimum Gasteiger partial charge on any atom is -0.432 e. The average molecular weight is 253 g/mol. The Labute approximate surface area is 91.5 Å². The first-order valence-corrected chi connectivity index (χ1v) is 4.08. The number of halogens is 5. The third-order valence-corrected chi connectivity index (χ3v) is 1.67. The van der Waals surface area contributed by atoms with E-state index in [2.05, 4.69) is 9.73 Å². The minimum absolute atomic E-state index is 0.419. The first-order chi connectivity index (χ1) is 7.84. The van der Waals surface area contributed by atoms with Crippen molar-refractivity contribution in [3.8, 4) is 5.75 Å². The van der Waals surface area contributed by atoms with Crippen LogP contribution >= 0.6 is 0 Å². The highest BCUT2D eigenvalue weighted by Crippen LogP contribution is 2.36. The van der Waals surface area contributed by atoms with Gasteiger partial charge in [0.05, 0.1) is 5.56 Å². The Bertz CT molecular complexity index is 451. The van der Waals surface area contributed by atoms with Crippen molar-refractivity contribution in [1.29, 1.82) is 0 Å². The predicted molar refractivity (Wildman–Crippen MR) is 45.9 cm³/mol. The monoisotopic (exact) mass is 253 g/mol. The van der Waals surface area contributed by atoms with E-state index in [-0.39, 0.29) is 0 Å². The zero-order valence-corrected chi connectivity index (χ0v) is 7.96. The lowest BCUT2D eigenvalue weighted by Gasteiger charge is -2.10. The Morgan fingerprint density at radius 1 is 1.29 bits per heavy atom. The summed E-state index contributed by atoms with van der Waals surface area (Å²) >= 11 is 0. The van der Waals surface area contributed by atoms with E-state index in [4.69, 9.17) is 0 Å². The summed E-state index contributed by atoms with van der Waals surface area (Å²) in [5.74, 6) is -0.628. The Morgan fingerprint density at radius 3 is 2.41 bits per heavy atom. The highest BCUT2D eigenvalue weighted by atomic mass is 19.4. The van der Waals surface area contributed by atoms with Gasteiger partial charge in [0.15, 0.2) is 5.75 Å². The number of hydrogen-bond acceptors (Lipinski definition) is 3. The summed E-state index contributed by atoms with van der Waals surface area (Å²) < 4.78 is 64.5. The van der Waals surface area contributed by atoms with Crippen molar-refractivity contribution < 1.29 is 31.5 Å². The van der Waals surface area contributed by atoms with Gasteiger partial charge >= 0.3 is 12.8 Å². The first-order valence-electron chi connectivity index (χ1n) is 4.08. The van der Waals surface area contributed by atoms with Gasteiger partial charge in [-0.2, -0.15) is 26.9 Å². The summed E-state index contributed by atoms with van der Waals surface area (Å²) in [5.41, 5.74) is -1.79. The molecule has 1 rings (SSSR count). The van der Waals surface area contributed by atoms with Crippen LogP contribution in [0.4, 0.5) is 27.6 Å². The van der Waals surface area contributed by atoms with Gasteiger partial charge in [0.1, 0.15) is 5.69 Å². The van der Waals surface area contributed by atoms with Gasteiger partial charge < -0.3 is 4.74 Å². The molecule has 1 aromatic carbocycles. The number of isocyanates is 1. The normalized spacial score (nSPS) is 11.2. The molecule has 1 aromatic rings. The molecule has 0 saturated carbocycles. The van der Waals surface area contributed by atoms with Crippen molar-refractivity contribution in [2.45, 2.75) is 12.8 Å². The maximum absolute atomic E-state index is 12.3. The molecule has 3 nitrogen and oxygen atoms in total. The van der Waals surface area contributed by atoms with E-state index >= 15 is 0 Å². The van der Waals surface area contributed by atoms with E-state index in [1.54, 1.807) is 0 Å². The molecule has 0 saturated heterocycles. The molecule has 0 amide bonds. The molecule has 0 N–H and O–H groups in total. The molecule has 92 valence electrons. The van der Waals surface area contributed by atoms with Crippen molar-refractivity contribution in [2.24, 2.45) is 4.99 Å². The molecule has 0 aliphatic rings. The standard InChI is InChI=1S/C9H4F5NO2/c10-8(11)17-7-2-1-5(9(12,13)14)3-6(7)15-4-16/h1-3,8H. The lowest BCUT2D eigenvalue weighted by molar-refractivity contribution is -0.137. The van der Waals surface area contributed by atoms with Crippen LogP contribution in [0.5, 0.6) is 5.75 Å². The van der Waals surface area contributed by atoms with Gasteiger partial charge in [-0.15, -0.1) is 0 Å². The molecule has 0 spiro atoms. The Kier molecular flexibility index (Phi) is 3.80. The maximum atomic E-state index is 12.3. The summed E-state index contributed by atoms with van der Waals surface area (Å²) in [5, 5.41) is 0. The number of hydrogen-bond donors (Lipinski definition) is 0. The first kappa shape index (κ1) is 13.1. The van der Waals surface area contributed by atoms with Crippen LogP contribution in [0.3, 0.4) is 0 Å². The van der Waals surface area contributed by atoms with Crippen LogP contribution in [0, 0.1) is 0 Å². The molecular formula is C9H4F5NO2. The molecule has 8 heteroatoms. The Morgan fingerprint density at radius 2 is 1.94 bits per heavy atom. The summed E-state index contributed by atoms with van der Waals surface area (Å²) in [6, 6.07) is 1.62. The highest BCUT2D eigenvalue weighted by molar-refractivity contribution is 5.59. The van der Waals surface area contributed by atoms with E-state index in [9.17, 15) is 26.7 Å². The van der Waals surface area contributed by atoms with E-state index in [1.165, 1.54) is 0 Å². The van der Waals surface area contributed by atoms with Crippen LogP contribution in [-0.4, -0.2) is 12.7 Å². The Hall–Kier alpha value is -1.95. The number of aliphatic imine (C=N–C) groups is 1. The van der Waals surface area contributed by atoms with Crippen molar-refractivity contribution in [3.05, 3.63) is 23.8 Å². The minimum atomic E-state index is -4.67. The van der Waals surface area contributed by atoms with Gasteiger partial charge in [-0.25, -0.2) is 4.79 Å². The molecule has 0 bridgehead atoms. The van der Waals surface area contributed by atoms with Gasteiger partial charge in [-0.05, 0) is 18.2 Å². The second-order valence-corrected chi connectivity index (χ2v) is 2.76. The van der Waals surface area contributed by atoms with Crippen molar-refractivity contribution >= 4 is 11.8 Å². The summed E-state index contributed by atoms with van der Waals surface area (Å²) in [6.45, 7) is -3.23. The molecule has 0 aliphatic heterocycles. The lowest BCUT2D eigenvalue weighted by Crippen LogP contribution is -2.06. The van der Waals surface area contributed by atoms with Gasteiger partial charge in [-0.3, -0.25) is 0 Å². The van der Waals surface area contributed by atoms with Crippen molar-refractivity contribution in [3.63, 3.8) is 0 Å². The number of ether oxygens (including phenoxy) is 1. The topological polar surface area (TPSA) is 38.7 Å². The van der Waals surface area contributed by atoms with E-state index < -0.39 is 29.8 Å². The van der Waals surface area contributed by atoms with Crippen molar-refractivity contribution in [1.82, 2.24) is 0 Å². The lowest BCUT2D eigenvalue weighted by atomic mass is 10.2. The molecule has 17 heavy (non-hydrogen) atoms. The van der Waals surface area contributed by atoms with E-state index in [1.807, 2.05) is 0 Å². The summed E-state index contributed by atoms with van der Waals surface area (Å²) in [4.78, 5) is 12.8. The molecule has 0 unspecified atom stereocenters. The van der Waals surface area contributed by atoms with Gasteiger partial charge in [-0.1, -0.05) is 0 Å². The van der Waals surface area contributed by atoms with Crippen LogP contribution < -0.4 is 4.74 Å². The SMILES string of the molecule is O=C=Nc1cc(C(F)(F)F)ccc1OC(F)F. The summed E-state index contributed by atoms with van der Waals surface area (Å²) in [6.07, 6.45) is -3.71. The smallest absolute Gasteiger partial charge is 0.416 e. The van der Waals surface area contributed by atoms with Crippen LogP contribution in [0.25, 0.3) is 0 Å². The van der Waals surface area contributed by atoms with Crippen LogP contribution in [0.2, 0.25) is 0 Å². The molecule has 0 radical (unpaired) electrons. The fraction of sp³-hybridized carbons (Fsp3) is 0.222. The van der Waals surface area contributed by atoms with E-state index in [0.29, 0.717) is 18.2 Å². The second-order valence-electron chi connectivity index (χ2n) is 2.76. The quantitative estimate of drug-likeness (QED) is 0.471. The molecule has 0 aliphatic carbocycles. The predicted octanol–water partition coefficient (Wildman–Crippen LogP) is 3.27. The highest BCUT2D eigenvalue weighted by Gasteiger charge is 2.31. The van der Waals surface area contributed by atoms with Crippen LogP contribution in [-0.2, 0) is 11.0 Å². The number of rotatable bonds is 3. The fourth-order valence-corrected chi connectivity index (χ4v) is 1.03. The van der Waals surface area contributed by atoms with E-state index in [0.717, 1.165) is 6.08 Å². The maximum Gasteiger partial charge on any atom is 0.416 e. The molecule has 0 heterocycles. The zero-order valence-electron chi connectivity index (χ0n) is 7.96.